The summed E-state index contributed by atoms with van der Waals surface area (Å²) in [6.07, 6.45) is 0. The summed E-state index contributed by atoms with van der Waals surface area (Å²) in [5.41, 5.74) is 0.115. The standard InChI is InChI=1S/C16H15NO5/c1-9(14(10(2)18)16(19)20)15-12-6-4-3-5-11(12)7-8-13(15)17(21)22/h3-9,14H,1-2H3,(H,19,20). The average Bonchev–Trinajstić information content (AvgIpc) is 2.44. The van der Waals surface area contributed by atoms with Crippen molar-refractivity contribution in [1.29, 1.82) is 0 Å². The lowest BCUT2D eigenvalue weighted by molar-refractivity contribution is -0.385. The molecule has 6 nitrogen and oxygen atoms in total. The Morgan fingerprint density at radius 1 is 1.18 bits per heavy atom. The lowest BCUT2D eigenvalue weighted by Crippen LogP contribution is -2.27. The third kappa shape index (κ3) is 2.67. The Bertz CT molecular complexity index is 754. The summed E-state index contributed by atoms with van der Waals surface area (Å²) in [5, 5.41) is 22.0. The van der Waals surface area contributed by atoms with E-state index in [1.165, 1.54) is 19.9 Å². The number of carboxylic acid groups (broad SMARTS) is 1. The zero-order chi connectivity index (χ0) is 16.4. The van der Waals surface area contributed by atoms with Crippen LogP contribution in [0.4, 0.5) is 5.69 Å². The normalized spacial score (nSPS) is 13.5. The van der Waals surface area contributed by atoms with Crippen LogP contribution in [0.2, 0.25) is 0 Å². The second kappa shape index (κ2) is 5.93. The number of carbonyl (C=O) groups excluding carboxylic acids is 1. The Balaban J connectivity index is 2.75. The minimum absolute atomic E-state index is 0.168. The number of nitro groups is 1. The summed E-state index contributed by atoms with van der Waals surface area (Å²) < 4.78 is 0. The molecule has 2 atom stereocenters. The van der Waals surface area contributed by atoms with Gasteiger partial charge in [-0.1, -0.05) is 31.2 Å². The predicted octanol–water partition coefficient (Wildman–Crippen LogP) is 3.14. The minimum Gasteiger partial charge on any atom is -0.481 e. The SMILES string of the molecule is CC(=O)C(C(=O)O)C(C)c1c([N+](=O)[O-])ccc2ccccc12. The lowest BCUT2D eigenvalue weighted by Gasteiger charge is -2.19. The molecule has 1 N–H and O–H groups in total. The van der Waals surface area contributed by atoms with E-state index in [-0.39, 0.29) is 11.3 Å². The first kappa shape index (κ1) is 15.6. The number of carbonyl (C=O) groups is 2. The van der Waals surface area contributed by atoms with E-state index in [0.717, 1.165) is 5.39 Å². The molecular formula is C16H15NO5. The van der Waals surface area contributed by atoms with Gasteiger partial charge in [0.25, 0.3) is 5.69 Å². The van der Waals surface area contributed by atoms with Crippen molar-refractivity contribution >= 4 is 28.2 Å². The number of aliphatic carboxylic acids is 1. The van der Waals surface area contributed by atoms with Crippen molar-refractivity contribution in [2.45, 2.75) is 19.8 Å². The van der Waals surface area contributed by atoms with Gasteiger partial charge in [0.05, 0.1) is 4.92 Å². The predicted molar refractivity (Wildman–Crippen MR) is 80.8 cm³/mol. The first-order valence-corrected chi connectivity index (χ1v) is 6.74. The van der Waals surface area contributed by atoms with Crippen LogP contribution in [-0.4, -0.2) is 21.8 Å². The van der Waals surface area contributed by atoms with Gasteiger partial charge in [0, 0.05) is 17.5 Å². The third-order valence-corrected chi connectivity index (χ3v) is 3.80. The molecule has 0 amide bonds. The highest BCUT2D eigenvalue weighted by atomic mass is 16.6. The Kier molecular flexibility index (Phi) is 4.21. The van der Waals surface area contributed by atoms with Gasteiger partial charge in [0.15, 0.2) is 0 Å². The lowest BCUT2D eigenvalue weighted by atomic mass is 9.82. The van der Waals surface area contributed by atoms with E-state index in [0.29, 0.717) is 5.39 Å². The van der Waals surface area contributed by atoms with Crippen LogP contribution in [0.15, 0.2) is 36.4 Å². The van der Waals surface area contributed by atoms with Gasteiger partial charge in [-0.25, -0.2) is 0 Å². The molecule has 0 aliphatic rings. The maximum absolute atomic E-state index is 11.7. The zero-order valence-electron chi connectivity index (χ0n) is 12.1. The summed E-state index contributed by atoms with van der Waals surface area (Å²) in [7, 11) is 0. The number of carboxylic acids is 1. The molecule has 114 valence electrons. The summed E-state index contributed by atoms with van der Waals surface area (Å²) in [6, 6.07) is 9.99. The van der Waals surface area contributed by atoms with E-state index in [2.05, 4.69) is 0 Å². The van der Waals surface area contributed by atoms with Gasteiger partial charge in [-0.3, -0.25) is 19.7 Å². The Morgan fingerprint density at radius 2 is 1.82 bits per heavy atom. The fourth-order valence-electron chi connectivity index (χ4n) is 2.83. The van der Waals surface area contributed by atoms with Crippen LogP contribution in [0.25, 0.3) is 10.8 Å². The topological polar surface area (TPSA) is 97.5 Å². The molecule has 0 radical (unpaired) electrons. The monoisotopic (exact) mass is 301 g/mol. The van der Waals surface area contributed by atoms with Crippen molar-refractivity contribution < 1.29 is 19.6 Å². The number of fused-ring (bicyclic) bond motifs is 1. The molecule has 0 aromatic heterocycles. The van der Waals surface area contributed by atoms with Crippen molar-refractivity contribution in [3.8, 4) is 0 Å². The molecule has 2 rings (SSSR count). The van der Waals surface area contributed by atoms with Gasteiger partial charge in [-0.2, -0.15) is 0 Å². The quantitative estimate of drug-likeness (QED) is 0.519. The molecule has 0 saturated carbocycles. The maximum Gasteiger partial charge on any atom is 0.314 e. The van der Waals surface area contributed by atoms with E-state index >= 15 is 0 Å². The highest BCUT2D eigenvalue weighted by Crippen LogP contribution is 2.37. The van der Waals surface area contributed by atoms with Gasteiger partial charge < -0.3 is 5.11 Å². The summed E-state index contributed by atoms with van der Waals surface area (Å²) >= 11 is 0. The highest BCUT2D eigenvalue weighted by Gasteiger charge is 2.35. The van der Waals surface area contributed by atoms with Gasteiger partial charge in [-0.05, 0) is 23.8 Å². The number of ketones is 1. The van der Waals surface area contributed by atoms with E-state index in [1.807, 2.05) is 0 Å². The molecule has 22 heavy (non-hydrogen) atoms. The van der Waals surface area contributed by atoms with Gasteiger partial charge in [0.2, 0.25) is 0 Å². The number of benzene rings is 2. The third-order valence-electron chi connectivity index (χ3n) is 3.80. The maximum atomic E-state index is 11.7. The van der Waals surface area contributed by atoms with Crippen molar-refractivity contribution in [1.82, 2.24) is 0 Å². The Labute approximate surface area is 126 Å². The van der Waals surface area contributed by atoms with E-state index in [1.54, 1.807) is 30.3 Å². The van der Waals surface area contributed by atoms with Crippen molar-refractivity contribution in [3.05, 3.63) is 52.1 Å². The van der Waals surface area contributed by atoms with E-state index in [9.17, 15) is 24.8 Å². The van der Waals surface area contributed by atoms with Gasteiger partial charge in [0.1, 0.15) is 11.7 Å². The molecule has 0 fully saturated rings. The summed E-state index contributed by atoms with van der Waals surface area (Å²) in [4.78, 5) is 33.8. The summed E-state index contributed by atoms with van der Waals surface area (Å²) in [6.45, 7) is 2.72. The molecule has 6 heteroatoms. The number of hydrogen-bond acceptors (Lipinski definition) is 4. The first-order valence-electron chi connectivity index (χ1n) is 6.74. The minimum atomic E-state index is -1.32. The zero-order valence-corrected chi connectivity index (χ0v) is 12.1. The van der Waals surface area contributed by atoms with Crippen molar-refractivity contribution in [2.24, 2.45) is 5.92 Å². The number of hydrogen-bond donors (Lipinski definition) is 1. The first-order chi connectivity index (χ1) is 10.3. The van der Waals surface area contributed by atoms with Crippen LogP contribution in [0.1, 0.15) is 25.3 Å². The molecule has 0 aliphatic carbocycles. The fourth-order valence-corrected chi connectivity index (χ4v) is 2.83. The molecular weight excluding hydrogens is 286 g/mol. The van der Waals surface area contributed by atoms with Crippen LogP contribution >= 0.6 is 0 Å². The van der Waals surface area contributed by atoms with Crippen LogP contribution in [0.5, 0.6) is 0 Å². The van der Waals surface area contributed by atoms with Crippen molar-refractivity contribution in [2.75, 3.05) is 0 Å². The number of nitrogens with zero attached hydrogens (tertiary/aromatic N) is 1. The Hall–Kier alpha value is -2.76. The molecule has 0 bridgehead atoms. The molecule has 2 unspecified atom stereocenters. The number of nitro benzene ring substituents is 1. The fraction of sp³-hybridized carbons (Fsp3) is 0.250. The molecule has 2 aromatic rings. The van der Waals surface area contributed by atoms with Crippen molar-refractivity contribution in [3.63, 3.8) is 0 Å². The van der Waals surface area contributed by atoms with E-state index < -0.39 is 28.5 Å². The average molecular weight is 301 g/mol. The molecule has 0 aliphatic heterocycles. The van der Waals surface area contributed by atoms with Gasteiger partial charge in [-0.15, -0.1) is 0 Å². The van der Waals surface area contributed by atoms with Crippen LogP contribution in [0, 0.1) is 16.0 Å². The molecule has 0 spiro atoms. The van der Waals surface area contributed by atoms with Gasteiger partial charge >= 0.3 is 5.97 Å². The highest BCUT2D eigenvalue weighted by molar-refractivity contribution is 5.99. The van der Waals surface area contributed by atoms with Crippen LogP contribution in [-0.2, 0) is 9.59 Å². The molecule has 0 heterocycles. The smallest absolute Gasteiger partial charge is 0.314 e. The second-order valence-electron chi connectivity index (χ2n) is 5.19. The van der Waals surface area contributed by atoms with E-state index in [4.69, 9.17) is 0 Å². The molecule has 0 saturated heterocycles. The number of Topliss-reactive ketones (excluding diaryl/α,β-unsaturated/α-hetero) is 1. The number of rotatable bonds is 5. The summed E-state index contributed by atoms with van der Waals surface area (Å²) in [5.74, 6) is -3.92. The molecule has 2 aromatic carbocycles. The van der Waals surface area contributed by atoms with Crippen LogP contribution in [0.3, 0.4) is 0 Å². The Morgan fingerprint density at radius 3 is 2.36 bits per heavy atom. The largest absolute Gasteiger partial charge is 0.481 e. The van der Waals surface area contributed by atoms with Crippen LogP contribution < -0.4 is 0 Å². The second-order valence-corrected chi connectivity index (χ2v) is 5.19.